The molecule has 0 saturated carbocycles. The van der Waals surface area contributed by atoms with Gasteiger partial charge >= 0.3 is 0 Å². The molecule has 27 heavy (non-hydrogen) atoms. The minimum absolute atomic E-state index is 0.250. The Labute approximate surface area is 160 Å². The molecule has 7 heteroatoms. The molecule has 0 fully saturated rings. The van der Waals surface area contributed by atoms with Gasteiger partial charge in [-0.15, -0.1) is 0 Å². The molecular weight excluding hydrogens is 371 g/mol. The third-order valence-electron chi connectivity index (χ3n) is 4.69. The Kier molecular flexibility index (Phi) is 4.93. The van der Waals surface area contributed by atoms with E-state index in [0.717, 1.165) is 6.07 Å². The first kappa shape index (κ1) is 18.9. The summed E-state index contributed by atoms with van der Waals surface area (Å²) >= 11 is 5.88. The van der Waals surface area contributed by atoms with Gasteiger partial charge in [0.2, 0.25) is 5.91 Å². The summed E-state index contributed by atoms with van der Waals surface area (Å²) in [6.45, 7) is 3.38. The van der Waals surface area contributed by atoms with Crippen LogP contribution in [0.3, 0.4) is 0 Å². The summed E-state index contributed by atoms with van der Waals surface area (Å²) in [5.74, 6) is -2.61. The number of carbonyl (C=O) groups is 2. The van der Waals surface area contributed by atoms with Crippen molar-refractivity contribution in [3.8, 4) is 5.75 Å². The molecule has 3 rings (SSSR count). The molecule has 0 unspecified atom stereocenters. The van der Waals surface area contributed by atoms with Crippen LogP contribution < -0.4 is 5.32 Å². The highest BCUT2D eigenvalue weighted by molar-refractivity contribution is 6.30. The van der Waals surface area contributed by atoms with E-state index >= 15 is 0 Å². The average molecular weight is 389 g/mol. The number of benzene rings is 2. The van der Waals surface area contributed by atoms with Gasteiger partial charge in [0, 0.05) is 34.8 Å². The predicted molar refractivity (Wildman–Crippen MR) is 102 cm³/mol. The molecule has 1 heterocycles. The molecular formula is C20H18ClFN2O3. The topological polar surface area (TPSA) is 71.3 Å². The normalized spacial score (nSPS) is 12.2. The minimum atomic E-state index is -0.843. The Morgan fingerprint density at radius 2 is 1.85 bits per heavy atom. The van der Waals surface area contributed by atoms with E-state index in [1.54, 1.807) is 38.1 Å². The van der Waals surface area contributed by atoms with Crippen molar-refractivity contribution in [3.05, 3.63) is 64.1 Å². The van der Waals surface area contributed by atoms with Crippen LogP contribution in [0, 0.1) is 12.7 Å². The second-order valence-corrected chi connectivity index (χ2v) is 6.74. The van der Waals surface area contributed by atoms with Crippen LogP contribution in [0.4, 0.5) is 4.39 Å². The Morgan fingerprint density at radius 3 is 2.44 bits per heavy atom. The van der Waals surface area contributed by atoms with Gasteiger partial charge in [-0.25, -0.2) is 4.39 Å². The van der Waals surface area contributed by atoms with E-state index in [1.165, 1.54) is 17.7 Å². The van der Waals surface area contributed by atoms with Crippen molar-refractivity contribution in [2.45, 2.75) is 19.8 Å². The summed E-state index contributed by atoms with van der Waals surface area (Å²) in [7, 11) is 1.52. The van der Waals surface area contributed by atoms with Crippen molar-refractivity contribution in [1.29, 1.82) is 0 Å². The second-order valence-electron chi connectivity index (χ2n) is 6.30. The maximum absolute atomic E-state index is 14.0. The molecule has 2 N–H and O–H groups in total. The SMILES string of the molecule is CNC(=O)[C@@H](C)c1c(C)n(C(=O)c2ccc(Cl)cc2)c2cc(F)c(O)cc12. The standard InChI is InChI=1S/C20H18ClFN2O3/c1-10(19(26)23-3)18-11(2)24(16-9-15(22)17(25)8-14(16)18)20(27)12-4-6-13(21)7-5-12/h4-10,25H,1-3H3,(H,23,26)/t10-/m0/s1. The van der Waals surface area contributed by atoms with E-state index in [9.17, 15) is 19.1 Å². The zero-order chi connectivity index (χ0) is 19.9. The van der Waals surface area contributed by atoms with Crippen molar-refractivity contribution in [2.75, 3.05) is 7.05 Å². The number of hydrogen-bond donors (Lipinski definition) is 2. The molecule has 1 atom stereocenters. The number of halogens is 2. The molecule has 5 nitrogen and oxygen atoms in total. The van der Waals surface area contributed by atoms with Crippen LogP contribution in [0.1, 0.15) is 34.5 Å². The number of amides is 1. The molecule has 0 spiro atoms. The largest absolute Gasteiger partial charge is 0.505 e. The van der Waals surface area contributed by atoms with Crippen LogP contribution in [0.15, 0.2) is 36.4 Å². The van der Waals surface area contributed by atoms with Crippen LogP contribution in [0.5, 0.6) is 5.75 Å². The molecule has 2 aromatic carbocycles. The zero-order valence-corrected chi connectivity index (χ0v) is 15.8. The Bertz CT molecular complexity index is 1060. The van der Waals surface area contributed by atoms with Gasteiger partial charge in [0.1, 0.15) is 0 Å². The lowest BCUT2D eigenvalue weighted by molar-refractivity contribution is -0.121. The lowest BCUT2D eigenvalue weighted by atomic mass is 9.97. The smallest absolute Gasteiger partial charge is 0.262 e. The fourth-order valence-corrected chi connectivity index (χ4v) is 3.45. The summed E-state index contributed by atoms with van der Waals surface area (Å²) in [5, 5.41) is 13.3. The summed E-state index contributed by atoms with van der Waals surface area (Å²) in [5.41, 5.74) is 1.72. The zero-order valence-electron chi connectivity index (χ0n) is 15.0. The van der Waals surface area contributed by atoms with E-state index < -0.39 is 17.5 Å². The predicted octanol–water partition coefficient (Wildman–Crippen LogP) is 3.99. The summed E-state index contributed by atoms with van der Waals surface area (Å²) in [6, 6.07) is 8.69. The summed E-state index contributed by atoms with van der Waals surface area (Å²) in [4.78, 5) is 25.3. The average Bonchev–Trinajstić information content (AvgIpc) is 2.91. The highest BCUT2D eigenvalue weighted by atomic mass is 35.5. The third kappa shape index (κ3) is 3.17. The van der Waals surface area contributed by atoms with Crippen molar-refractivity contribution < 1.29 is 19.1 Å². The van der Waals surface area contributed by atoms with Crippen LogP contribution in [-0.4, -0.2) is 28.5 Å². The van der Waals surface area contributed by atoms with Crippen LogP contribution >= 0.6 is 11.6 Å². The molecule has 140 valence electrons. The van der Waals surface area contributed by atoms with Gasteiger partial charge in [0.15, 0.2) is 11.6 Å². The first-order chi connectivity index (χ1) is 12.8. The number of phenols is 1. The number of phenolic OH excluding ortho intramolecular Hbond substituents is 1. The number of aromatic nitrogens is 1. The van der Waals surface area contributed by atoms with Crippen molar-refractivity contribution >= 4 is 34.3 Å². The number of nitrogens with one attached hydrogen (secondary N) is 1. The molecule has 1 aromatic heterocycles. The number of nitrogens with zero attached hydrogens (tertiary/aromatic N) is 1. The number of rotatable bonds is 3. The number of hydrogen-bond acceptors (Lipinski definition) is 3. The van der Waals surface area contributed by atoms with E-state index in [0.29, 0.717) is 27.2 Å². The van der Waals surface area contributed by atoms with E-state index in [2.05, 4.69) is 5.32 Å². The highest BCUT2D eigenvalue weighted by Gasteiger charge is 2.27. The van der Waals surface area contributed by atoms with E-state index in [-0.39, 0.29) is 17.3 Å². The fraction of sp³-hybridized carbons (Fsp3) is 0.200. The molecule has 0 radical (unpaired) electrons. The Morgan fingerprint density at radius 1 is 1.22 bits per heavy atom. The fourth-order valence-electron chi connectivity index (χ4n) is 3.33. The summed E-state index contributed by atoms with van der Waals surface area (Å²) < 4.78 is 15.4. The monoisotopic (exact) mass is 388 g/mol. The van der Waals surface area contributed by atoms with Gasteiger partial charge in [-0.3, -0.25) is 14.2 Å². The molecule has 1 amide bonds. The molecule has 0 aliphatic carbocycles. The summed E-state index contributed by atoms with van der Waals surface area (Å²) in [6.07, 6.45) is 0. The maximum atomic E-state index is 14.0. The second kappa shape index (κ2) is 7.04. The third-order valence-corrected chi connectivity index (χ3v) is 4.94. The highest BCUT2D eigenvalue weighted by Crippen LogP contribution is 2.36. The number of carbonyl (C=O) groups excluding carboxylic acids is 2. The Hall–Kier alpha value is -2.86. The van der Waals surface area contributed by atoms with Crippen LogP contribution in [0.2, 0.25) is 5.02 Å². The lowest BCUT2D eigenvalue weighted by Gasteiger charge is -2.12. The van der Waals surface area contributed by atoms with E-state index in [1.807, 2.05) is 0 Å². The molecule has 0 aliphatic rings. The van der Waals surface area contributed by atoms with Gasteiger partial charge < -0.3 is 10.4 Å². The Balaban J connectivity index is 2.30. The molecule has 0 bridgehead atoms. The van der Waals surface area contributed by atoms with Gasteiger partial charge in [0.05, 0.1) is 11.4 Å². The van der Waals surface area contributed by atoms with Gasteiger partial charge in [-0.1, -0.05) is 11.6 Å². The maximum Gasteiger partial charge on any atom is 0.262 e. The molecule has 0 saturated heterocycles. The molecule has 0 aliphatic heterocycles. The van der Waals surface area contributed by atoms with Gasteiger partial charge in [-0.2, -0.15) is 0 Å². The lowest BCUT2D eigenvalue weighted by Crippen LogP contribution is -2.24. The molecule has 3 aromatic rings. The first-order valence-electron chi connectivity index (χ1n) is 8.31. The minimum Gasteiger partial charge on any atom is -0.505 e. The van der Waals surface area contributed by atoms with Crippen molar-refractivity contribution in [2.24, 2.45) is 0 Å². The van der Waals surface area contributed by atoms with Gasteiger partial charge in [0.25, 0.3) is 5.91 Å². The number of aromatic hydroxyl groups is 1. The van der Waals surface area contributed by atoms with Crippen LogP contribution in [0.25, 0.3) is 10.9 Å². The first-order valence-corrected chi connectivity index (χ1v) is 8.69. The quantitative estimate of drug-likeness (QED) is 0.712. The van der Waals surface area contributed by atoms with Gasteiger partial charge in [-0.05, 0) is 49.7 Å². The van der Waals surface area contributed by atoms with Crippen LogP contribution in [-0.2, 0) is 4.79 Å². The number of fused-ring (bicyclic) bond motifs is 1. The van der Waals surface area contributed by atoms with E-state index in [4.69, 9.17) is 11.6 Å². The number of likely N-dealkylation sites (N-methyl/N-ethyl adjacent to an activating group) is 1. The van der Waals surface area contributed by atoms with Crippen molar-refractivity contribution in [3.63, 3.8) is 0 Å². The van der Waals surface area contributed by atoms with Crippen molar-refractivity contribution in [1.82, 2.24) is 9.88 Å².